The van der Waals surface area contributed by atoms with Crippen LogP contribution in [0.4, 0.5) is 5.82 Å². The number of carbonyl (C=O) groups is 1. The molecule has 122 valence electrons. The summed E-state index contributed by atoms with van der Waals surface area (Å²) in [5.74, 6) is 0.0645. The lowest BCUT2D eigenvalue weighted by molar-refractivity contribution is 0.102. The lowest BCUT2D eigenvalue weighted by Crippen LogP contribution is -2.24. The highest BCUT2D eigenvalue weighted by atomic mass is 32.2. The molecule has 0 atom stereocenters. The molecule has 0 unspecified atom stereocenters. The molecule has 0 radical (unpaired) electrons. The molecule has 0 aliphatic rings. The highest BCUT2D eigenvalue weighted by Crippen LogP contribution is 2.18. The van der Waals surface area contributed by atoms with Gasteiger partial charge in [0.15, 0.2) is 0 Å². The van der Waals surface area contributed by atoms with Gasteiger partial charge in [0.05, 0.1) is 4.90 Å². The first-order chi connectivity index (χ1) is 10.8. The summed E-state index contributed by atoms with van der Waals surface area (Å²) in [5, 5.41) is 2.71. The Balaban J connectivity index is 2.36. The fourth-order valence-corrected chi connectivity index (χ4v) is 3.14. The fraction of sp³-hybridized carbons (Fsp3) is 0.250. The molecule has 0 saturated carbocycles. The molecule has 1 heterocycles. The van der Waals surface area contributed by atoms with Gasteiger partial charge >= 0.3 is 0 Å². The van der Waals surface area contributed by atoms with Crippen molar-refractivity contribution in [2.45, 2.75) is 25.7 Å². The number of amides is 1. The topological polar surface area (TPSA) is 88.2 Å². The Morgan fingerprint density at radius 1 is 1.17 bits per heavy atom. The monoisotopic (exact) mass is 333 g/mol. The number of rotatable bonds is 5. The zero-order chi connectivity index (χ0) is 17.0. The van der Waals surface area contributed by atoms with Crippen molar-refractivity contribution >= 4 is 21.7 Å². The van der Waals surface area contributed by atoms with Crippen molar-refractivity contribution in [1.29, 1.82) is 0 Å². The predicted molar refractivity (Wildman–Crippen MR) is 89.0 cm³/mol. The standard InChI is InChI=1S/C16H19N3O3S/c1-4-18-23(21,22)13-8-7-11(2)14(10-13)16(20)19-15-12(3)6-5-9-17-15/h5-10,18H,4H2,1-3H3,(H,17,19,20). The molecule has 0 saturated heterocycles. The van der Waals surface area contributed by atoms with Gasteiger partial charge in [0.1, 0.15) is 5.82 Å². The SMILES string of the molecule is CCNS(=O)(=O)c1ccc(C)c(C(=O)Nc2ncccc2C)c1. The molecule has 1 amide bonds. The zero-order valence-corrected chi connectivity index (χ0v) is 14.1. The molecule has 0 bridgehead atoms. The van der Waals surface area contributed by atoms with E-state index in [1.807, 2.05) is 13.0 Å². The van der Waals surface area contributed by atoms with Gasteiger partial charge < -0.3 is 5.32 Å². The number of aromatic nitrogens is 1. The molecule has 0 aliphatic heterocycles. The number of sulfonamides is 1. The molecule has 23 heavy (non-hydrogen) atoms. The summed E-state index contributed by atoms with van der Waals surface area (Å²) in [6.45, 7) is 5.57. The third kappa shape index (κ3) is 3.94. The number of hydrogen-bond acceptors (Lipinski definition) is 4. The smallest absolute Gasteiger partial charge is 0.257 e. The minimum absolute atomic E-state index is 0.0628. The van der Waals surface area contributed by atoms with Crippen LogP contribution < -0.4 is 10.0 Å². The molecule has 7 heteroatoms. The van der Waals surface area contributed by atoms with E-state index in [4.69, 9.17) is 0 Å². The fourth-order valence-electron chi connectivity index (χ4n) is 2.08. The quantitative estimate of drug-likeness (QED) is 0.878. The lowest BCUT2D eigenvalue weighted by atomic mass is 10.1. The van der Waals surface area contributed by atoms with Crippen LogP contribution in [0.15, 0.2) is 41.4 Å². The highest BCUT2D eigenvalue weighted by Gasteiger charge is 2.18. The van der Waals surface area contributed by atoms with Crippen molar-refractivity contribution < 1.29 is 13.2 Å². The first-order valence-electron chi connectivity index (χ1n) is 7.18. The molecule has 1 aromatic heterocycles. The molecule has 0 fully saturated rings. The van der Waals surface area contributed by atoms with Gasteiger partial charge in [-0.15, -0.1) is 0 Å². The van der Waals surface area contributed by atoms with Crippen LogP contribution in [0.5, 0.6) is 0 Å². The Morgan fingerprint density at radius 3 is 2.57 bits per heavy atom. The Labute approximate surface area is 136 Å². The molecule has 6 nitrogen and oxygen atoms in total. The van der Waals surface area contributed by atoms with E-state index in [0.717, 1.165) is 5.56 Å². The van der Waals surface area contributed by atoms with Crippen LogP contribution >= 0.6 is 0 Å². The van der Waals surface area contributed by atoms with Gasteiger partial charge in [-0.3, -0.25) is 4.79 Å². The Morgan fingerprint density at radius 2 is 1.91 bits per heavy atom. The summed E-state index contributed by atoms with van der Waals surface area (Å²) in [6.07, 6.45) is 1.58. The van der Waals surface area contributed by atoms with Crippen LogP contribution in [0, 0.1) is 13.8 Å². The number of hydrogen-bond donors (Lipinski definition) is 2. The van der Waals surface area contributed by atoms with Crippen LogP contribution in [0.3, 0.4) is 0 Å². The minimum atomic E-state index is -3.61. The molecular weight excluding hydrogens is 314 g/mol. The maximum Gasteiger partial charge on any atom is 0.257 e. The number of benzene rings is 1. The van der Waals surface area contributed by atoms with Crippen LogP contribution in [0.2, 0.25) is 0 Å². The second kappa shape index (κ2) is 6.89. The van der Waals surface area contributed by atoms with E-state index in [9.17, 15) is 13.2 Å². The Bertz CT molecular complexity index is 832. The molecule has 0 spiro atoms. The molecule has 2 rings (SSSR count). The van der Waals surface area contributed by atoms with E-state index in [1.54, 1.807) is 32.2 Å². The number of nitrogens with one attached hydrogen (secondary N) is 2. The highest BCUT2D eigenvalue weighted by molar-refractivity contribution is 7.89. The van der Waals surface area contributed by atoms with Crippen molar-refractivity contribution in [3.63, 3.8) is 0 Å². The average molecular weight is 333 g/mol. The summed E-state index contributed by atoms with van der Waals surface area (Å²) in [4.78, 5) is 16.6. The first-order valence-corrected chi connectivity index (χ1v) is 8.66. The molecule has 0 aliphatic carbocycles. The van der Waals surface area contributed by atoms with E-state index in [-0.39, 0.29) is 11.4 Å². The number of aryl methyl sites for hydroxylation is 2. The number of pyridine rings is 1. The number of carbonyl (C=O) groups excluding carboxylic acids is 1. The average Bonchev–Trinajstić information content (AvgIpc) is 2.49. The van der Waals surface area contributed by atoms with Crippen molar-refractivity contribution in [2.75, 3.05) is 11.9 Å². The van der Waals surface area contributed by atoms with Gasteiger partial charge in [-0.1, -0.05) is 19.1 Å². The van der Waals surface area contributed by atoms with E-state index < -0.39 is 15.9 Å². The summed E-state index contributed by atoms with van der Waals surface area (Å²) in [5.41, 5.74) is 1.82. The van der Waals surface area contributed by atoms with Crippen molar-refractivity contribution in [3.05, 3.63) is 53.2 Å². The second-order valence-corrected chi connectivity index (χ2v) is 6.87. The Kier molecular flexibility index (Phi) is 5.12. The maximum absolute atomic E-state index is 12.5. The lowest BCUT2D eigenvalue weighted by Gasteiger charge is -2.11. The van der Waals surface area contributed by atoms with E-state index in [2.05, 4.69) is 15.0 Å². The number of nitrogens with zero attached hydrogens (tertiary/aromatic N) is 1. The van der Waals surface area contributed by atoms with Crippen LogP contribution in [-0.4, -0.2) is 25.9 Å². The predicted octanol–water partition coefficient (Wildman–Crippen LogP) is 2.25. The maximum atomic E-state index is 12.5. The van der Waals surface area contributed by atoms with Crippen LogP contribution in [0.1, 0.15) is 28.4 Å². The normalized spacial score (nSPS) is 11.3. The summed E-state index contributed by atoms with van der Waals surface area (Å²) in [7, 11) is -3.61. The largest absolute Gasteiger partial charge is 0.306 e. The summed E-state index contributed by atoms with van der Waals surface area (Å²) < 4.78 is 26.6. The van der Waals surface area contributed by atoms with Gasteiger partial charge in [0.2, 0.25) is 10.0 Å². The van der Waals surface area contributed by atoms with Crippen molar-refractivity contribution in [2.24, 2.45) is 0 Å². The minimum Gasteiger partial charge on any atom is -0.306 e. The van der Waals surface area contributed by atoms with E-state index >= 15 is 0 Å². The third-order valence-electron chi connectivity index (χ3n) is 3.34. The molecule has 2 N–H and O–H groups in total. The van der Waals surface area contributed by atoms with Gasteiger partial charge in [0.25, 0.3) is 5.91 Å². The molecular formula is C16H19N3O3S. The Hall–Kier alpha value is -2.25. The van der Waals surface area contributed by atoms with Gasteiger partial charge in [-0.25, -0.2) is 18.1 Å². The summed E-state index contributed by atoms with van der Waals surface area (Å²) >= 11 is 0. The van der Waals surface area contributed by atoms with Crippen molar-refractivity contribution in [3.8, 4) is 0 Å². The second-order valence-electron chi connectivity index (χ2n) is 5.10. The third-order valence-corrected chi connectivity index (χ3v) is 4.88. The van der Waals surface area contributed by atoms with Gasteiger partial charge in [-0.2, -0.15) is 0 Å². The van der Waals surface area contributed by atoms with E-state index in [0.29, 0.717) is 16.9 Å². The zero-order valence-electron chi connectivity index (χ0n) is 13.3. The van der Waals surface area contributed by atoms with Gasteiger partial charge in [0, 0.05) is 18.3 Å². The van der Waals surface area contributed by atoms with E-state index in [1.165, 1.54) is 12.1 Å². The molecule has 1 aromatic carbocycles. The van der Waals surface area contributed by atoms with Gasteiger partial charge in [-0.05, 0) is 43.2 Å². The number of anilines is 1. The summed E-state index contributed by atoms with van der Waals surface area (Å²) in [6, 6.07) is 8.09. The van der Waals surface area contributed by atoms with Crippen LogP contribution in [0.25, 0.3) is 0 Å². The molecule has 2 aromatic rings. The first kappa shape index (κ1) is 17.1. The van der Waals surface area contributed by atoms with Crippen LogP contribution in [-0.2, 0) is 10.0 Å². The van der Waals surface area contributed by atoms with Crippen molar-refractivity contribution in [1.82, 2.24) is 9.71 Å².